The van der Waals surface area contributed by atoms with E-state index in [-0.39, 0.29) is 0 Å². The Labute approximate surface area is 120 Å². The van der Waals surface area contributed by atoms with Crippen molar-refractivity contribution in [3.63, 3.8) is 0 Å². The minimum atomic E-state index is 0.367. The summed E-state index contributed by atoms with van der Waals surface area (Å²) in [5.74, 6) is 2.29. The fourth-order valence-electron chi connectivity index (χ4n) is 3.01. The molecule has 1 fully saturated rings. The summed E-state index contributed by atoms with van der Waals surface area (Å²) in [6, 6.07) is 3.80. The van der Waals surface area contributed by atoms with Crippen LogP contribution < -0.4 is 15.2 Å². The Bertz CT molecular complexity index is 475. The van der Waals surface area contributed by atoms with Gasteiger partial charge in [0.25, 0.3) is 0 Å². The third-order valence-corrected chi connectivity index (χ3v) is 4.17. The summed E-state index contributed by atoms with van der Waals surface area (Å²) in [7, 11) is 0. The molecule has 1 aliphatic carbocycles. The number of anilines is 1. The largest absolute Gasteiger partial charge is 0.486 e. The van der Waals surface area contributed by atoms with Crippen LogP contribution in [-0.2, 0) is 11.3 Å². The van der Waals surface area contributed by atoms with Gasteiger partial charge in [0.15, 0.2) is 11.5 Å². The molecule has 0 spiro atoms. The molecule has 0 radical (unpaired) electrons. The van der Waals surface area contributed by atoms with Crippen molar-refractivity contribution < 1.29 is 14.2 Å². The zero-order valence-corrected chi connectivity index (χ0v) is 12.1. The van der Waals surface area contributed by atoms with Crippen LogP contribution in [0.5, 0.6) is 11.5 Å². The molecule has 2 aliphatic rings. The molecule has 4 nitrogen and oxygen atoms in total. The second-order valence-electron chi connectivity index (χ2n) is 5.90. The fourth-order valence-corrected chi connectivity index (χ4v) is 3.01. The highest BCUT2D eigenvalue weighted by Gasteiger charge is 2.20. The molecule has 20 heavy (non-hydrogen) atoms. The van der Waals surface area contributed by atoms with E-state index in [1.165, 1.54) is 12.8 Å². The van der Waals surface area contributed by atoms with Gasteiger partial charge in [0.2, 0.25) is 0 Å². The van der Waals surface area contributed by atoms with Crippen LogP contribution in [0, 0.1) is 5.92 Å². The lowest BCUT2D eigenvalue weighted by molar-refractivity contribution is 0.00478. The summed E-state index contributed by atoms with van der Waals surface area (Å²) < 4.78 is 17.1. The number of rotatable bonds is 3. The normalized spacial score (nSPS) is 25.4. The van der Waals surface area contributed by atoms with Crippen LogP contribution in [0.2, 0.25) is 0 Å². The number of benzene rings is 1. The molecular formula is C16H23NO3. The van der Waals surface area contributed by atoms with Gasteiger partial charge < -0.3 is 19.9 Å². The second kappa shape index (κ2) is 5.92. The Morgan fingerprint density at radius 2 is 1.95 bits per heavy atom. The van der Waals surface area contributed by atoms with Gasteiger partial charge in [-0.3, -0.25) is 0 Å². The number of nitrogens with two attached hydrogens (primary N) is 1. The minimum absolute atomic E-state index is 0.367. The SMILES string of the molecule is CC1CCCC(OCc2cc3c(cc2N)OCCO3)C1. The van der Waals surface area contributed by atoms with Crippen molar-refractivity contribution >= 4 is 5.69 Å². The molecule has 2 unspecified atom stereocenters. The highest BCUT2D eigenvalue weighted by atomic mass is 16.6. The molecule has 0 bridgehead atoms. The molecule has 1 aliphatic heterocycles. The van der Waals surface area contributed by atoms with Crippen molar-refractivity contribution in [3.05, 3.63) is 17.7 Å². The van der Waals surface area contributed by atoms with Crippen LogP contribution in [0.25, 0.3) is 0 Å². The summed E-state index contributed by atoms with van der Waals surface area (Å²) in [5.41, 5.74) is 7.79. The van der Waals surface area contributed by atoms with Crippen molar-refractivity contribution in [1.82, 2.24) is 0 Å². The average Bonchev–Trinajstić information content (AvgIpc) is 2.45. The predicted octanol–water partition coefficient (Wildman–Crippen LogP) is 3.14. The summed E-state index contributed by atoms with van der Waals surface area (Å²) in [6.07, 6.45) is 5.28. The summed E-state index contributed by atoms with van der Waals surface area (Å²) >= 11 is 0. The van der Waals surface area contributed by atoms with Crippen LogP contribution in [0.1, 0.15) is 38.2 Å². The monoisotopic (exact) mass is 277 g/mol. The molecular weight excluding hydrogens is 254 g/mol. The molecule has 110 valence electrons. The quantitative estimate of drug-likeness (QED) is 0.862. The number of hydrogen-bond donors (Lipinski definition) is 1. The van der Waals surface area contributed by atoms with Gasteiger partial charge in [-0.15, -0.1) is 0 Å². The Kier molecular flexibility index (Phi) is 4.01. The fraction of sp³-hybridized carbons (Fsp3) is 0.625. The number of nitrogen functional groups attached to an aromatic ring is 1. The lowest BCUT2D eigenvalue weighted by atomic mass is 9.89. The van der Waals surface area contributed by atoms with Gasteiger partial charge in [0.05, 0.1) is 12.7 Å². The zero-order chi connectivity index (χ0) is 13.9. The standard InChI is InChI=1S/C16H23NO3/c1-11-3-2-4-13(7-11)20-10-12-8-15-16(9-14(12)17)19-6-5-18-15/h8-9,11,13H,2-7,10,17H2,1H3. The van der Waals surface area contributed by atoms with E-state index in [9.17, 15) is 0 Å². The molecule has 2 N–H and O–H groups in total. The summed E-state index contributed by atoms with van der Waals surface area (Å²) in [6.45, 7) is 4.04. The number of ether oxygens (including phenoxy) is 3. The van der Waals surface area contributed by atoms with E-state index in [1.54, 1.807) is 0 Å². The Hall–Kier alpha value is -1.42. The third-order valence-electron chi connectivity index (χ3n) is 4.17. The molecule has 1 heterocycles. The molecule has 1 saturated carbocycles. The predicted molar refractivity (Wildman–Crippen MR) is 78.1 cm³/mol. The molecule has 1 aromatic rings. The van der Waals surface area contributed by atoms with Crippen LogP contribution in [0.4, 0.5) is 5.69 Å². The van der Waals surface area contributed by atoms with E-state index in [1.807, 2.05) is 12.1 Å². The summed E-state index contributed by atoms with van der Waals surface area (Å²) in [5, 5.41) is 0. The number of hydrogen-bond acceptors (Lipinski definition) is 4. The van der Waals surface area contributed by atoms with Gasteiger partial charge in [-0.1, -0.05) is 19.8 Å². The first-order valence-electron chi connectivity index (χ1n) is 7.52. The van der Waals surface area contributed by atoms with Crippen molar-refractivity contribution in [3.8, 4) is 11.5 Å². The van der Waals surface area contributed by atoms with Crippen molar-refractivity contribution in [1.29, 1.82) is 0 Å². The van der Waals surface area contributed by atoms with E-state index in [2.05, 4.69) is 6.92 Å². The first-order chi connectivity index (χ1) is 9.72. The summed E-state index contributed by atoms with van der Waals surface area (Å²) in [4.78, 5) is 0. The first kappa shape index (κ1) is 13.6. The highest BCUT2D eigenvalue weighted by Crippen LogP contribution is 2.35. The molecule has 2 atom stereocenters. The van der Waals surface area contributed by atoms with E-state index in [0.717, 1.165) is 41.5 Å². The van der Waals surface area contributed by atoms with Crippen LogP contribution in [0.15, 0.2) is 12.1 Å². The smallest absolute Gasteiger partial charge is 0.163 e. The van der Waals surface area contributed by atoms with Crippen LogP contribution in [0.3, 0.4) is 0 Å². The van der Waals surface area contributed by atoms with E-state index >= 15 is 0 Å². The highest BCUT2D eigenvalue weighted by molar-refractivity contribution is 5.58. The Morgan fingerprint density at radius 1 is 1.20 bits per heavy atom. The van der Waals surface area contributed by atoms with Gasteiger partial charge in [-0.25, -0.2) is 0 Å². The zero-order valence-electron chi connectivity index (χ0n) is 12.1. The Balaban J connectivity index is 1.65. The van der Waals surface area contributed by atoms with Crippen molar-refractivity contribution in [2.45, 2.75) is 45.3 Å². The molecule has 0 saturated heterocycles. The van der Waals surface area contributed by atoms with Crippen LogP contribution in [-0.4, -0.2) is 19.3 Å². The lowest BCUT2D eigenvalue weighted by Crippen LogP contribution is -2.21. The first-order valence-corrected chi connectivity index (χ1v) is 7.52. The maximum Gasteiger partial charge on any atom is 0.163 e. The molecule has 0 amide bonds. The topological polar surface area (TPSA) is 53.7 Å². The third kappa shape index (κ3) is 3.01. The van der Waals surface area contributed by atoms with Gasteiger partial charge in [-0.2, -0.15) is 0 Å². The molecule has 4 heteroatoms. The maximum absolute atomic E-state index is 6.07. The van der Waals surface area contributed by atoms with E-state index in [0.29, 0.717) is 25.9 Å². The van der Waals surface area contributed by atoms with Gasteiger partial charge in [0.1, 0.15) is 13.2 Å². The van der Waals surface area contributed by atoms with E-state index in [4.69, 9.17) is 19.9 Å². The van der Waals surface area contributed by atoms with Gasteiger partial charge in [0, 0.05) is 17.3 Å². The minimum Gasteiger partial charge on any atom is -0.486 e. The van der Waals surface area contributed by atoms with Gasteiger partial charge >= 0.3 is 0 Å². The van der Waals surface area contributed by atoms with E-state index < -0.39 is 0 Å². The van der Waals surface area contributed by atoms with Crippen molar-refractivity contribution in [2.75, 3.05) is 18.9 Å². The number of fused-ring (bicyclic) bond motifs is 1. The lowest BCUT2D eigenvalue weighted by Gasteiger charge is -2.27. The van der Waals surface area contributed by atoms with Gasteiger partial charge in [-0.05, 0) is 24.8 Å². The Morgan fingerprint density at radius 3 is 2.70 bits per heavy atom. The molecule has 3 rings (SSSR count). The second-order valence-corrected chi connectivity index (χ2v) is 5.90. The average molecular weight is 277 g/mol. The molecule has 1 aromatic carbocycles. The van der Waals surface area contributed by atoms with Crippen LogP contribution >= 0.6 is 0 Å². The maximum atomic E-state index is 6.07. The molecule has 0 aromatic heterocycles. The van der Waals surface area contributed by atoms with Crippen molar-refractivity contribution in [2.24, 2.45) is 5.92 Å².